The number of halogens is 2. The third kappa shape index (κ3) is 5.84. The minimum atomic E-state index is -0.467. The second-order valence-corrected chi connectivity index (χ2v) is 10.0. The van der Waals surface area contributed by atoms with Crippen molar-refractivity contribution in [3.05, 3.63) is 111 Å². The lowest BCUT2D eigenvalue weighted by atomic mass is 10.0. The molecule has 10 heteroatoms. The summed E-state index contributed by atoms with van der Waals surface area (Å²) in [7, 11) is 3.12. The molecule has 208 valence electrons. The van der Waals surface area contributed by atoms with E-state index in [4.69, 9.17) is 32.7 Å². The van der Waals surface area contributed by atoms with Crippen LogP contribution in [0.5, 0.6) is 11.6 Å². The van der Waals surface area contributed by atoms with Crippen molar-refractivity contribution in [1.29, 1.82) is 0 Å². The van der Waals surface area contributed by atoms with Gasteiger partial charge in [-0.3, -0.25) is 4.79 Å². The van der Waals surface area contributed by atoms with Crippen LogP contribution < -0.4 is 20.1 Å². The number of fused-ring (bicyclic) bond motifs is 1. The summed E-state index contributed by atoms with van der Waals surface area (Å²) >= 11 is 12.2. The van der Waals surface area contributed by atoms with Crippen LogP contribution >= 0.6 is 23.2 Å². The summed E-state index contributed by atoms with van der Waals surface area (Å²) in [4.78, 5) is 31.3. The van der Waals surface area contributed by atoms with Crippen LogP contribution in [0.25, 0.3) is 11.0 Å². The number of para-hydroxylation sites is 1. The molecule has 0 saturated carbocycles. The molecular weight excluding hydrogens is 563 g/mol. The first-order valence-corrected chi connectivity index (χ1v) is 13.4. The summed E-state index contributed by atoms with van der Waals surface area (Å²) in [6.07, 6.45) is 0. The number of pyridine rings is 1. The molecule has 0 aliphatic carbocycles. The Morgan fingerprint density at radius 3 is 2.32 bits per heavy atom. The Hall–Kier alpha value is -4.53. The number of ketones is 1. The summed E-state index contributed by atoms with van der Waals surface area (Å²) in [6, 6.07) is 22.4. The van der Waals surface area contributed by atoms with Crippen molar-refractivity contribution in [2.75, 3.05) is 24.9 Å². The lowest BCUT2D eigenvalue weighted by molar-refractivity contribution is 0.103. The van der Waals surface area contributed by atoms with Crippen LogP contribution in [0.1, 0.15) is 27.2 Å². The van der Waals surface area contributed by atoms with Crippen molar-refractivity contribution in [2.45, 2.75) is 13.5 Å². The van der Waals surface area contributed by atoms with E-state index in [1.807, 2.05) is 35.8 Å². The van der Waals surface area contributed by atoms with Gasteiger partial charge in [0, 0.05) is 33.4 Å². The van der Waals surface area contributed by atoms with Gasteiger partial charge < -0.3 is 24.7 Å². The average Bonchev–Trinajstić information content (AvgIpc) is 3.25. The zero-order chi connectivity index (χ0) is 29.1. The van der Waals surface area contributed by atoms with Gasteiger partial charge in [-0.05, 0) is 67.1 Å². The summed E-state index contributed by atoms with van der Waals surface area (Å²) in [5.41, 5.74) is 4.21. The van der Waals surface area contributed by atoms with Gasteiger partial charge in [0.25, 0.3) is 0 Å². The molecule has 0 bridgehead atoms. The average molecular weight is 589 g/mol. The first-order chi connectivity index (χ1) is 19.8. The van der Waals surface area contributed by atoms with Crippen molar-refractivity contribution in [3.8, 4) is 11.6 Å². The maximum absolute atomic E-state index is 13.7. The fourth-order valence-electron chi connectivity index (χ4n) is 4.62. The van der Waals surface area contributed by atoms with Gasteiger partial charge in [0.15, 0.2) is 5.78 Å². The summed E-state index contributed by atoms with van der Waals surface area (Å²) in [6.45, 7) is 2.22. The Bertz CT molecular complexity index is 1770. The van der Waals surface area contributed by atoms with Crippen molar-refractivity contribution in [3.63, 3.8) is 0 Å². The molecule has 2 aromatic heterocycles. The number of carbonyl (C=O) groups excluding carboxylic acids is 2. The van der Waals surface area contributed by atoms with E-state index in [2.05, 4.69) is 15.6 Å². The number of nitrogens with zero attached hydrogens (tertiary/aromatic N) is 2. The molecule has 0 unspecified atom stereocenters. The standard InChI is InChI=1S/C31H26Cl2N4O4/c1-18-28(29(38)19-8-11-22(40-2)12-9-19)23-13-15-27(41-3)36-30(23)37(18)17-20-6-4-5-7-25(20)34-31(39)35-26-14-10-21(32)16-24(26)33/h4-16H,17H2,1-3H3,(H2,34,35,39). The molecule has 2 heterocycles. The van der Waals surface area contributed by atoms with Gasteiger partial charge in [0.05, 0.1) is 37.0 Å². The third-order valence-corrected chi connectivity index (χ3v) is 7.25. The van der Waals surface area contributed by atoms with Crippen LogP contribution in [0, 0.1) is 6.92 Å². The molecule has 2 N–H and O–H groups in total. The predicted octanol–water partition coefficient (Wildman–Crippen LogP) is 7.59. The first kappa shape index (κ1) is 28.0. The predicted molar refractivity (Wildman–Crippen MR) is 162 cm³/mol. The Balaban J connectivity index is 1.50. The lowest BCUT2D eigenvalue weighted by Gasteiger charge is -2.15. The summed E-state index contributed by atoms with van der Waals surface area (Å²) in [5.74, 6) is 0.954. The zero-order valence-corrected chi connectivity index (χ0v) is 24.0. The van der Waals surface area contributed by atoms with Gasteiger partial charge in [0.1, 0.15) is 11.4 Å². The first-order valence-electron chi connectivity index (χ1n) is 12.6. The molecule has 0 radical (unpaired) electrons. The van der Waals surface area contributed by atoms with Crippen molar-refractivity contribution in [2.24, 2.45) is 0 Å². The molecule has 8 nitrogen and oxygen atoms in total. The molecule has 5 aromatic rings. The highest BCUT2D eigenvalue weighted by molar-refractivity contribution is 6.36. The Labute approximate surface area is 246 Å². The van der Waals surface area contributed by atoms with E-state index in [-0.39, 0.29) is 5.78 Å². The van der Waals surface area contributed by atoms with Crippen LogP contribution in [0.3, 0.4) is 0 Å². The van der Waals surface area contributed by atoms with E-state index in [0.717, 1.165) is 11.3 Å². The Morgan fingerprint density at radius 1 is 0.878 bits per heavy atom. The number of hydrogen-bond donors (Lipinski definition) is 2. The zero-order valence-electron chi connectivity index (χ0n) is 22.5. The molecule has 0 saturated heterocycles. The molecule has 2 amide bonds. The van der Waals surface area contributed by atoms with Crippen molar-refractivity contribution >= 4 is 57.4 Å². The van der Waals surface area contributed by atoms with Crippen molar-refractivity contribution in [1.82, 2.24) is 9.55 Å². The fourth-order valence-corrected chi connectivity index (χ4v) is 5.07. The van der Waals surface area contributed by atoms with Gasteiger partial charge in [0.2, 0.25) is 5.88 Å². The largest absolute Gasteiger partial charge is 0.497 e. The van der Waals surface area contributed by atoms with Crippen LogP contribution in [-0.2, 0) is 6.54 Å². The van der Waals surface area contributed by atoms with Crippen LogP contribution in [0.15, 0.2) is 78.9 Å². The Kier molecular flexibility index (Phi) is 8.14. The van der Waals surface area contributed by atoms with Gasteiger partial charge in [-0.15, -0.1) is 0 Å². The number of aromatic nitrogens is 2. The monoisotopic (exact) mass is 588 g/mol. The minimum Gasteiger partial charge on any atom is -0.497 e. The quantitative estimate of drug-likeness (QED) is 0.182. The van der Waals surface area contributed by atoms with Gasteiger partial charge in [-0.25, -0.2) is 4.79 Å². The highest BCUT2D eigenvalue weighted by atomic mass is 35.5. The number of urea groups is 1. The SMILES string of the molecule is COc1ccc(C(=O)c2c(C)n(Cc3ccccc3NC(=O)Nc3ccc(Cl)cc3Cl)c3nc(OC)ccc23)cc1. The number of amides is 2. The summed E-state index contributed by atoms with van der Waals surface area (Å²) < 4.78 is 12.6. The van der Waals surface area contributed by atoms with E-state index < -0.39 is 6.03 Å². The van der Waals surface area contributed by atoms with Gasteiger partial charge >= 0.3 is 6.03 Å². The maximum atomic E-state index is 13.7. The highest BCUT2D eigenvalue weighted by Gasteiger charge is 2.23. The number of carbonyl (C=O) groups is 2. The Morgan fingerprint density at radius 2 is 1.61 bits per heavy atom. The van der Waals surface area contributed by atoms with E-state index in [1.165, 1.54) is 0 Å². The molecule has 5 rings (SSSR count). The molecule has 0 aliphatic heterocycles. The fraction of sp³-hybridized carbons (Fsp3) is 0.129. The van der Waals surface area contributed by atoms with E-state index >= 15 is 0 Å². The minimum absolute atomic E-state index is 0.133. The third-order valence-electron chi connectivity index (χ3n) is 6.70. The second-order valence-electron chi connectivity index (χ2n) is 9.19. The van der Waals surface area contributed by atoms with Crippen LogP contribution in [0.4, 0.5) is 16.2 Å². The number of rotatable bonds is 8. The van der Waals surface area contributed by atoms with Gasteiger partial charge in [-0.2, -0.15) is 4.98 Å². The molecule has 0 spiro atoms. The molecule has 3 aromatic carbocycles. The maximum Gasteiger partial charge on any atom is 0.323 e. The normalized spacial score (nSPS) is 10.9. The topological polar surface area (TPSA) is 94.5 Å². The highest BCUT2D eigenvalue weighted by Crippen LogP contribution is 2.31. The number of ether oxygens (including phenoxy) is 2. The molecule has 41 heavy (non-hydrogen) atoms. The van der Waals surface area contributed by atoms with Crippen LogP contribution in [-0.4, -0.2) is 35.6 Å². The molecule has 0 atom stereocenters. The van der Waals surface area contributed by atoms with E-state index in [0.29, 0.717) is 61.8 Å². The molecule has 0 aliphatic rings. The van der Waals surface area contributed by atoms with E-state index in [1.54, 1.807) is 68.8 Å². The number of benzene rings is 3. The summed E-state index contributed by atoms with van der Waals surface area (Å²) in [5, 5.41) is 7.14. The van der Waals surface area contributed by atoms with Crippen molar-refractivity contribution < 1.29 is 19.1 Å². The number of nitrogens with one attached hydrogen (secondary N) is 2. The lowest BCUT2D eigenvalue weighted by Crippen LogP contribution is -2.21. The van der Waals surface area contributed by atoms with Crippen LogP contribution in [0.2, 0.25) is 10.0 Å². The number of methoxy groups -OCH3 is 2. The number of anilines is 2. The number of hydrogen-bond acceptors (Lipinski definition) is 5. The molecule has 0 fully saturated rings. The van der Waals surface area contributed by atoms with E-state index in [9.17, 15) is 9.59 Å². The smallest absolute Gasteiger partial charge is 0.323 e. The molecular formula is C31H26Cl2N4O4. The second kappa shape index (κ2) is 11.9. The van der Waals surface area contributed by atoms with Gasteiger partial charge in [-0.1, -0.05) is 41.4 Å².